The number of amides is 2. The van der Waals surface area contributed by atoms with Crippen molar-refractivity contribution in [1.82, 2.24) is 9.80 Å². The number of carbonyl (C=O) groups is 2. The summed E-state index contributed by atoms with van der Waals surface area (Å²) < 4.78 is 0. The molecule has 1 aromatic carbocycles. The fourth-order valence-corrected chi connectivity index (χ4v) is 2.07. The minimum Gasteiger partial charge on any atom is -0.347 e. The van der Waals surface area contributed by atoms with Gasteiger partial charge in [0, 0.05) is 19.8 Å². The van der Waals surface area contributed by atoms with Gasteiger partial charge in [-0.05, 0) is 32.0 Å². The van der Waals surface area contributed by atoms with E-state index in [9.17, 15) is 9.59 Å². The molecule has 0 aliphatic rings. The van der Waals surface area contributed by atoms with Crippen LogP contribution in [0, 0.1) is 0 Å². The van der Waals surface area contributed by atoms with E-state index in [0.29, 0.717) is 0 Å². The Bertz CT molecular complexity index is 500. The number of rotatable bonds is 6. The zero-order valence-electron chi connectivity index (χ0n) is 13.5. The lowest BCUT2D eigenvalue weighted by Crippen LogP contribution is -2.45. The maximum Gasteiger partial charge on any atom is 0.239 e. The Hall–Kier alpha value is -1.88. The highest BCUT2D eigenvalue weighted by Crippen LogP contribution is 2.15. The molecule has 0 bridgehead atoms. The Morgan fingerprint density at radius 1 is 1.19 bits per heavy atom. The van der Waals surface area contributed by atoms with Crippen molar-refractivity contribution >= 4 is 17.5 Å². The predicted molar refractivity (Wildman–Crippen MR) is 85.2 cm³/mol. The lowest BCUT2D eigenvalue weighted by molar-refractivity contribution is -0.133. The first-order chi connectivity index (χ1) is 9.86. The number of anilines is 1. The number of nitrogens with one attached hydrogen (secondary N) is 1. The van der Waals surface area contributed by atoms with Gasteiger partial charge in [0.05, 0.1) is 12.6 Å². The van der Waals surface area contributed by atoms with Crippen molar-refractivity contribution in [2.24, 2.45) is 0 Å². The van der Waals surface area contributed by atoms with Gasteiger partial charge in [0.2, 0.25) is 11.8 Å². The lowest BCUT2D eigenvalue weighted by Gasteiger charge is -2.25. The first kappa shape index (κ1) is 17.2. The molecular weight excluding hydrogens is 266 g/mol. The molecule has 0 aliphatic heterocycles. The van der Waals surface area contributed by atoms with Crippen LogP contribution in [0.4, 0.5) is 5.69 Å². The van der Waals surface area contributed by atoms with E-state index < -0.39 is 0 Å². The fraction of sp³-hybridized carbons (Fsp3) is 0.500. The third-order valence-electron chi connectivity index (χ3n) is 3.52. The van der Waals surface area contributed by atoms with E-state index in [1.807, 2.05) is 24.3 Å². The quantitative estimate of drug-likeness (QED) is 0.866. The number of para-hydroxylation sites is 1. The maximum absolute atomic E-state index is 12.1. The monoisotopic (exact) mass is 291 g/mol. The van der Waals surface area contributed by atoms with Crippen molar-refractivity contribution in [2.75, 3.05) is 33.0 Å². The van der Waals surface area contributed by atoms with Crippen LogP contribution in [0.5, 0.6) is 0 Å². The predicted octanol–water partition coefficient (Wildman–Crippen LogP) is 1.60. The Morgan fingerprint density at radius 3 is 2.38 bits per heavy atom. The third kappa shape index (κ3) is 4.86. The van der Waals surface area contributed by atoms with Gasteiger partial charge in [0.1, 0.15) is 0 Å². The van der Waals surface area contributed by atoms with Crippen molar-refractivity contribution in [1.29, 1.82) is 0 Å². The van der Waals surface area contributed by atoms with Crippen LogP contribution < -0.4 is 5.32 Å². The second-order valence-corrected chi connectivity index (χ2v) is 5.38. The van der Waals surface area contributed by atoms with Crippen molar-refractivity contribution < 1.29 is 9.59 Å². The van der Waals surface area contributed by atoms with Crippen LogP contribution in [0.3, 0.4) is 0 Å². The van der Waals surface area contributed by atoms with Gasteiger partial charge in [0.15, 0.2) is 0 Å². The number of aryl methyl sites for hydroxylation is 1. The van der Waals surface area contributed by atoms with Crippen LogP contribution >= 0.6 is 0 Å². The summed E-state index contributed by atoms with van der Waals surface area (Å²) in [6.45, 7) is 4.03. The number of nitrogens with zero attached hydrogens (tertiary/aromatic N) is 2. The molecule has 0 spiro atoms. The number of carbonyl (C=O) groups excluding carboxylic acids is 2. The van der Waals surface area contributed by atoms with Crippen LogP contribution in [0.2, 0.25) is 0 Å². The zero-order valence-corrected chi connectivity index (χ0v) is 13.5. The summed E-state index contributed by atoms with van der Waals surface area (Å²) in [6.07, 6.45) is 0.863. The summed E-state index contributed by atoms with van der Waals surface area (Å²) >= 11 is 0. The van der Waals surface area contributed by atoms with E-state index in [0.717, 1.165) is 17.7 Å². The van der Waals surface area contributed by atoms with Gasteiger partial charge in [-0.1, -0.05) is 25.1 Å². The average molecular weight is 291 g/mol. The first-order valence-corrected chi connectivity index (χ1v) is 7.16. The normalized spacial score (nSPS) is 12.1. The lowest BCUT2D eigenvalue weighted by atomic mass is 10.1. The van der Waals surface area contributed by atoms with E-state index in [1.165, 1.54) is 4.90 Å². The maximum atomic E-state index is 12.1. The summed E-state index contributed by atoms with van der Waals surface area (Å²) in [5.41, 5.74) is 1.94. The minimum absolute atomic E-state index is 0.0146. The summed E-state index contributed by atoms with van der Waals surface area (Å²) in [6, 6.07) is 7.42. The van der Waals surface area contributed by atoms with Crippen LogP contribution in [0.15, 0.2) is 24.3 Å². The summed E-state index contributed by atoms with van der Waals surface area (Å²) in [4.78, 5) is 27.3. The second kappa shape index (κ2) is 7.78. The Labute approximate surface area is 126 Å². The van der Waals surface area contributed by atoms with E-state index in [2.05, 4.69) is 12.2 Å². The molecule has 21 heavy (non-hydrogen) atoms. The number of hydrogen-bond donors (Lipinski definition) is 1. The molecule has 1 rings (SSSR count). The number of benzene rings is 1. The molecule has 5 heteroatoms. The van der Waals surface area contributed by atoms with Gasteiger partial charge in [-0.25, -0.2) is 0 Å². The van der Waals surface area contributed by atoms with Crippen LogP contribution in [0.1, 0.15) is 19.4 Å². The molecule has 0 heterocycles. The largest absolute Gasteiger partial charge is 0.347 e. The third-order valence-corrected chi connectivity index (χ3v) is 3.52. The SMILES string of the molecule is CCc1ccccc1NC(=O)CN(C)[C@@H](C)C(=O)N(C)C. The van der Waals surface area contributed by atoms with Gasteiger partial charge in [-0.2, -0.15) is 0 Å². The zero-order chi connectivity index (χ0) is 16.0. The van der Waals surface area contributed by atoms with Gasteiger partial charge in [0.25, 0.3) is 0 Å². The highest BCUT2D eigenvalue weighted by atomic mass is 16.2. The van der Waals surface area contributed by atoms with E-state index in [1.54, 1.807) is 33.0 Å². The molecule has 0 aliphatic carbocycles. The molecule has 0 fully saturated rings. The molecule has 0 unspecified atom stereocenters. The Balaban J connectivity index is 2.63. The summed E-state index contributed by atoms with van der Waals surface area (Å²) in [5.74, 6) is -0.129. The molecule has 1 N–H and O–H groups in total. The second-order valence-electron chi connectivity index (χ2n) is 5.38. The van der Waals surface area contributed by atoms with E-state index in [4.69, 9.17) is 0 Å². The highest BCUT2D eigenvalue weighted by Gasteiger charge is 2.21. The van der Waals surface area contributed by atoms with E-state index in [-0.39, 0.29) is 24.4 Å². The topological polar surface area (TPSA) is 52.7 Å². The van der Waals surface area contributed by atoms with Crippen molar-refractivity contribution in [3.63, 3.8) is 0 Å². The van der Waals surface area contributed by atoms with Gasteiger partial charge < -0.3 is 10.2 Å². The van der Waals surface area contributed by atoms with Crippen molar-refractivity contribution in [2.45, 2.75) is 26.3 Å². The first-order valence-electron chi connectivity index (χ1n) is 7.16. The van der Waals surface area contributed by atoms with Gasteiger partial charge in [-0.15, -0.1) is 0 Å². The average Bonchev–Trinajstić information content (AvgIpc) is 2.45. The molecule has 5 nitrogen and oxygen atoms in total. The van der Waals surface area contributed by atoms with Gasteiger partial charge >= 0.3 is 0 Å². The molecular formula is C16H25N3O2. The van der Waals surface area contributed by atoms with E-state index >= 15 is 0 Å². The summed E-state index contributed by atoms with van der Waals surface area (Å²) in [5, 5.41) is 2.91. The number of likely N-dealkylation sites (N-methyl/N-ethyl adjacent to an activating group) is 2. The molecule has 2 amide bonds. The van der Waals surface area contributed by atoms with Crippen LogP contribution in [0.25, 0.3) is 0 Å². The molecule has 0 saturated carbocycles. The van der Waals surface area contributed by atoms with Crippen molar-refractivity contribution in [3.8, 4) is 0 Å². The molecule has 0 aromatic heterocycles. The Kier molecular flexibility index (Phi) is 6.37. The Morgan fingerprint density at radius 2 is 1.81 bits per heavy atom. The molecule has 0 saturated heterocycles. The van der Waals surface area contributed by atoms with Crippen LogP contribution in [-0.2, 0) is 16.0 Å². The smallest absolute Gasteiger partial charge is 0.239 e. The minimum atomic E-state index is -0.327. The standard InChI is InChI=1S/C16H25N3O2/c1-6-13-9-7-8-10-14(13)17-15(20)11-19(5)12(2)16(21)18(3)4/h7-10,12H,6,11H2,1-5H3,(H,17,20)/t12-/m0/s1. The molecule has 1 atom stereocenters. The van der Waals surface area contributed by atoms with Crippen LogP contribution in [-0.4, -0.2) is 55.3 Å². The molecule has 1 aromatic rings. The van der Waals surface area contributed by atoms with Crippen molar-refractivity contribution in [3.05, 3.63) is 29.8 Å². The summed E-state index contributed by atoms with van der Waals surface area (Å²) in [7, 11) is 5.20. The molecule has 0 radical (unpaired) electrons. The fourth-order valence-electron chi connectivity index (χ4n) is 2.07. The van der Waals surface area contributed by atoms with Gasteiger partial charge in [-0.3, -0.25) is 14.5 Å². The molecule has 116 valence electrons. The number of hydrogen-bond acceptors (Lipinski definition) is 3. The highest BCUT2D eigenvalue weighted by molar-refractivity contribution is 5.93.